The molecule has 0 aliphatic rings. The molecule has 0 atom stereocenters. The molecular weight excluding hydrogens is 878 g/mol. The molecule has 0 bridgehead atoms. The van der Waals surface area contributed by atoms with Crippen molar-refractivity contribution in [1.29, 1.82) is 0 Å². The normalized spacial score (nSPS) is 7.83. The highest BCUT2D eigenvalue weighted by molar-refractivity contribution is 7.46. The van der Waals surface area contributed by atoms with Gasteiger partial charge in [0.15, 0.2) is 0 Å². The highest BCUT2D eigenvalue weighted by Crippen LogP contribution is 2.35. The largest absolute Gasteiger partial charge is 0.481 e. The molecule has 0 saturated heterocycles. The Hall–Kier alpha value is -2.11. The number of hydrogen-bond acceptors (Lipinski definition) is 13. The molecule has 0 fully saturated rings. The molecule has 402 valence electrons. The number of aliphatic hydroxyl groups is 2. The molecule has 0 spiro atoms. The molecule has 0 unspecified atom stereocenters. The van der Waals surface area contributed by atoms with Crippen LogP contribution in [0, 0.1) is 0 Å². The van der Waals surface area contributed by atoms with E-state index in [1.54, 1.807) is 34.6 Å². The predicted molar refractivity (Wildman–Crippen MR) is 261 cm³/mol. The van der Waals surface area contributed by atoms with E-state index in [-0.39, 0.29) is 60.7 Å². The topological polar surface area (TPSA) is 436 Å². The summed E-state index contributed by atoms with van der Waals surface area (Å²) in [5.74, 6) is -0.868. The zero-order valence-electron chi connectivity index (χ0n) is 42.8. The predicted octanol–water partition coefficient (Wildman–Crippen LogP) is 5.65. The summed E-state index contributed by atoms with van der Waals surface area (Å²) in [6.07, 6.45) is 12.1. The minimum Gasteiger partial charge on any atom is -0.481 e. The van der Waals surface area contributed by atoms with Crippen molar-refractivity contribution in [2.75, 3.05) is 46.1 Å². The van der Waals surface area contributed by atoms with Crippen LogP contribution in [0.25, 0.3) is 0 Å². The van der Waals surface area contributed by atoms with Crippen LogP contribution in [0.3, 0.4) is 0 Å². The van der Waals surface area contributed by atoms with Gasteiger partial charge in [0.05, 0.1) is 19.8 Å². The van der Waals surface area contributed by atoms with Crippen molar-refractivity contribution in [3.8, 4) is 0 Å². The summed E-state index contributed by atoms with van der Waals surface area (Å²) in [5.41, 5.74) is 4.85. The van der Waals surface area contributed by atoms with Gasteiger partial charge < -0.3 is 76.9 Å². The fourth-order valence-corrected chi connectivity index (χ4v) is 1.88. The number of nitrogens with two attached hydrogens (primary N) is 1. The first-order chi connectivity index (χ1) is 27.5. The van der Waals surface area contributed by atoms with Crippen molar-refractivity contribution in [1.82, 2.24) is 0 Å². The van der Waals surface area contributed by atoms with E-state index in [0.29, 0.717) is 25.9 Å². The van der Waals surface area contributed by atoms with E-state index < -0.39 is 21.6 Å². The monoisotopic (exact) mass is 985 g/mol. The Kier molecular flexibility index (Phi) is 247. The van der Waals surface area contributed by atoms with E-state index in [0.717, 1.165) is 32.1 Å². The second kappa shape index (κ2) is 137. The second-order valence-electron chi connectivity index (χ2n) is 9.06. The molecule has 0 rings (SSSR count). The lowest BCUT2D eigenvalue weighted by molar-refractivity contribution is -0.142. The van der Waals surface area contributed by atoms with Gasteiger partial charge in [0.25, 0.3) is 0 Å². The Morgan fingerprint density at radius 3 is 0.857 bits per heavy atom. The number of carboxylic acid groups (broad SMARTS) is 1. The molecule has 22 nitrogen and oxygen atoms in total. The number of nitrogens with zero attached hydrogens (tertiary/aromatic N) is 1. The average molecular weight is 985 g/mol. The Labute approximate surface area is 383 Å². The van der Waals surface area contributed by atoms with E-state index in [1.807, 2.05) is 47.8 Å². The first-order valence-electron chi connectivity index (χ1n) is 20.6. The van der Waals surface area contributed by atoms with Crippen LogP contribution in [0.15, 0.2) is 4.99 Å². The number of aliphatic hydroxyl groups excluding tert-OH is 2. The van der Waals surface area contributed by atoms with E-state index >= 15 is 0 Å². The van der Waals surface area contributed by atoms with Crippen molar-refractivity contribution in [3.63, 3.8) is 0 Å². The van der Waals surface area contributed by atoms with Gasteiger partial charge in [-0.3, -0.25) is 23.6 Å². The molecule has 63 heavy (non-hydrogen) atoms. The van der Waals surface area contributed by atoms with E-state index in [1.165, 1.54) is 39.5 Å². The number of carbonyl (C=O) groups excluding carboxylic acids is 3. The number of phosphoric acid groups is 2. The van der Waals surface area contributed by atoms with Gasteiger partial charge in [-0.1, -0.05) is 109 Å². The third kappa shape index (κ3) is 507. The maximum atomic E-state index is 10.2. The molecule has 0 heterocycles. The van der Waals surface area contributed by atoms with Crippen LogP contribution < -0.4 is 5.73 Å². The number of aliphatic imine (C=N–C) groups is 1. The van der Waals surface area contributed by atoms with Crippen LogP contribution in [0.2, 0.25) is 0 Å². The van der Waals surface area contributed by atoms with E-state index in [4.69, 9.17) is 40.6 Å². The molecule has 0 aliphatic heterocycles. The Bertz CT molecular complexity index is 730. The van der Waals surface area contributed by atoms with Gasteiger partial charge in [0.1, 0.15) is 12.6 Å². The SMILES string of the molecule is CC.CCC.CCC(=O)O.CCC=NCC.CCC=O.CCC=O.CCCCC.CCN.CCO.CCO.CCOC(=O)CC.CCOP(=O)(O)O.CCOP(=O)(O)O.O.O.O.O. The van der Waals surface area contributed by atoms with Gasteiger partial charge >= 0.3 is 27.6 Å². The van der Waals surface area contributed by atoms with Crippen molar-refractivity contribution in [2.45, 2.75) is 182 Å². The van der Waals surface area contributed by atoms with Crippen LogP contribution in [0.1, 0.15) is 182 Å². The molecule has 0 radical (unpaired) electrons. The first kappa shape index (κ1) is 113. The summed E-state index contributed by atoms with van der Waals surface area (Å²) in [6.45, 7) is 36.6. The third-order valence-electron chi connectivity index (χ3n) is 3.03. The Morgan fingerprint density at radius 2 is 0.825 bits per heavy atom. The zero-order chi connectivity index (χ0) is 50.4. The molecule has 24 heteroatoms. The minimum atomic E-state index is -4.17. The maximum absolute atomic E-state index is 10.2. The smallest absolute Gasteiger partial charge is 0.469 e. The molecule has 0 amide bonds. The number of aliphatic carboxylic acids is 1. The second-order valence-corrected chi connectivity index (χ2v) is 11.5. The third-order valence-corrected chi connectivity index (χ3v) is 4.21. The number of rotatable bonds is 13. The average Bonchev–Trinajstić information content (AvgIpc) is 3.17. The fourth-order valence-electron chi connectivity index (χ4n) is 1.21. The lowest BCUT2D eigenvalue weighted by Crippen LogP contribution is -2.00. The lowest BCUT2D eigenvalue weighted by Gasteiger charge is -1.98. The van der Waals surface area contributed by atoms with Crippen molar-refractivity contribution < 1.29 is 98.9 Å². The van der Waals surface area contributed by atoms with Crippen molar-refractivity contribution in [2.24, 2.45) is 10.7 Å². The number of aldehydes is 2. The summed E-state index contributed by atoms with van der Waals surface area (Å²) in [4.78, 5) is 73.5. The van der Waals surface area contributed by atoms with Gasteiger partial charge in [-0.05, 0) is 60.7 Å². The number of unbranched alkanes of at least 4 members (excludes halogenated alkanes) is 2. The molecule has 0 aromatic carbocycles. The number of carbonyl (C=O) groups is 4. The lowest BCUT2D eigenvalue weighted by atomic mass is 10.3. The van der Waals surface area contributed by atoms with Crippen molar-refractivity contribution >= 4 is 46.4 Å². The summed E-state index contributed by atoms with van der Waals surface area (Å²) in [6, 6.07) is 0. The van der Waals surface area contributed by atoms with Gasteiger partial charge in [-0.2, -0.15) is 0 Å². The number of ether oxygens (including phenoxy) is 1. The zero-order valence-corrected chi connectivity index (χ0v) is 44.6. The molecule has 0 aliphatic carbocycles. The van der Waals surface area contributed by atoms with E-state index in [9.17, 15) is 28.3 Å². The molecular formula is C39H106N2O20P2. The highest BCUT2D eigenvalue weighted by atomic mass is 31.2. The molecule has 0 saturated carbocycles. The van der Waals surface area contributed by atoms with Gasteiger partial charge in [0.2, 0.25) is 0 Å². The fraction of sp³-hybridized carbons (Fsp3) is 0.872. The van der Waals surface area contributed by atoms with Crippen LogP contribution in [0.4, 0.5) is 0 Å². The first-order valence-corrected chi connectivity index (χ1v) is 23.6. The summed E-state index contributed by atoms with van der Waals surface area (Å²) < 4.78 is 31.8. The Balaban J connectivity index is -0.0000000245. The molecule has 17 N–H and O–H groups in total. The number of hydrogen-bond donors (Lipinski definition) is 8. The van der Waals surface area contributed by atoms with Gasteiger partial charge in [-0.15, -0.1) is 0 Å². The summed E-state index contributed by atoms with van der Waals surface area (Å²) in [7, 11) is -8.33. The minimum absolute atomic E-state index is 0. The quantitative estimate of drug-likeness (QED) is 0.0478. The van der Waals surface area contributed by atoms with Crippen LogP contribution >= 0.6 is 15.6 Å². The Morgan fingerprint density at radius 1 is 0.587 bits per heavy atom. The number of carboxylic acids is 1. The standard InChI is InChI=1S/C5H11N.C5H10O2.C5H12.C3H6O2.2C3H6O.C3H8.C2H7N.2C2H7O4P.2C2H6O.C2H6.4H2O/c1-3-5-6-4-2;1-3-5(6)7-4-2;1-3-5-4-2;1-2-3(4)5;2*1-2-3-4;1-3-2;1-2-3;2*1-2-6-7(3,4)5;2*1-2-3;1-2;;;;/h5H,3-4H2,1-2H3;3-4H2,1-2H3;3-5H2,1-2H3;2H2,1H3,(H,4,5);2*3H,2H2,1H3;3H2,1-2H3;2-3H2,1H3;2*2H2,1H3,(H2,3,4,5);2*3H,2H2,1H3;1-2H3;4*1H2. The number of phosphoric ester groups is 2. The van der Waals surface area contributed by atoms with Crippen LogP contribution in [0.5, 0.6) is 0 Å². The van der Waals surface area contributed by atoms with E-state index in [2.05, 4.69) is 53.4 Å². The highest BCUT2D eigenvalue weighted by Gasteiger charge is 2.10. The van der Waals surface area contributed by atoms with Gasteiger partial charge in [0, 0.05) is 45.4 Å². The molecule has 0 aromatic heterocycles. The van der Waals surface area contributed by atoms with Gasteiger partial charge in [-0.25, -0.2) is 9.13 Å². The maximum Gasteiger partial charge on any atom is 0.469 e. The van der Waals surface area contributed by atoms with Crippen LogP contribution in [-0.2, 0) is 42.1 Å². The van der Waals surface area contributed by atoms with Crippen LogP contribution in [-0.4, -0.2) is 134 Å². The number of esters is 1. The summed E-state index contributed by atoms with van der Waals surface area (Å²) >= 11 is 0. The summed E-state index contributed by atoms with van der Waals surface area (Å²) in [5, 5.41) is 22.9. The van der Waals surface area contributed by atoms with Crippen molar-refractivity contribution in [3.05, 3.63) is 0 Å². The molecule has 0 aromatic rings.